The van der Waals surface area contributed by atoms with E-state index in [0.29, 0.717) is 0 Å². The van der Waals surface area contributed by atoms with Gasteiger partial charge in [-0.25, -0.2) is 0 Å². The minimum Gasteiger partial charge on any atom is -0.0845 e. The molecule has 0 spiro atoms. The molecule has 12 heavy (non-hydrogen) atoms. The Morgan fingerprint density at radius 3 is 1.50 bits per heavy atom. The topological polar surface area (TPSA) is 0 Å². The fraction of sp³-hybridized carbons (Fsp3) is 0.500. The van der Waals surface area contributed by atoms with Crippen LogP contribution in [0.3, 0.4) is 0 Å². The molecule has 0 fully saturated rings. The standard InChI is InChI=1S/C12H18/c1-2-4-6-8-10-12-11-9-7-5-3-1/h1-6H,7-12H2/b2-1-,5-3+,6-4+. The van der Waals surface area contributed by atoms with Gasteiger partial charge in [-0.1, -0.05) is 49.3 Å². The lowest BCUT2D eigenvalue weighted by Gasteiger charge is -1.96. The lowest BCUT2D eigenvalue weighted by atomic mass is 10.1. The number of rotatable bonds is 0. The highest BCUT2D eigenvalue weighted by atomic mass is 13.9. The van der Waals surface area contributed by atoms with E-state index in [0.717, 1.165) is 0 Å². The largest absolute Gasteiger partial charge is 0.0845 e. The molecule has 0 bridgehead atoms. The van der Waals surface area contributed by atoms with Crippen molar-refractivity contribution in [2.75, 3.05) is 0 Å². The van der Waals surface area contributed by atoms with Crippen LogP contribution in [0.15, 0.2) is 36.5 Å². The maximum Gasteiger partial charge on any atom is -0.0348 e. The predicted octanol–water partition coefficient (Wildman–Crippen LogP) is 4.01. The summed E-state index contributed by atoms with van der Waals surface area (Å²) in [5, 5.41) is 0. The molecule has 0 N–H and O–H groups in total. The van der Waals surface area contributed by atoms with E-state index in [1.54, 1.807) is 0 Å². The monoisotopic (exact) mass is 162 g/mol. The second-order valence-electron chi connectivity index (χ2n) is 3.23. The summed E-state index contributed by atoms with van der Waals surface area (Å²) in [5.41, 5.74) is 0. The molecule has 0 atom stereocenters. The van der Waals surface area contributed by atoms with Gasteiger partial charge < -0.3 is 0 Å². The maximum atomic E-state index is 2.26. The van der Waals surface area contributed by atoms with Gasteiger partial charge in [-0.2, -0.15) is 0 Å². The van der Waals surface area contributed by atoms with Gasteiger partial charge in [0.2, 0.25) is 0 Å². The third-order valence-corrected chi connectivity index (χ3v) is 2.10. The van der Waals surface area contributed by atoms with Gasteiger partial charge in [0.1, 0.15) is 0 Å². The number of hydrogen-bond acceptors (Lipinski definition) is 0. The fourth-order valence-electron chi connectivity index (χ4n) is 1.36. The summed E-state index contributed by atoms with van der Waals surface area (Å²) in [6.45, 7) is 0. The second kappa shape index (κ2) is 6.90. The molecule has 0 amide bonds. The summed E-state index contributed by atoms with van der Waals surface area (Å²) in [6.07, 6.45) is 21.0. The maximum absolute atomic E-state index is 2.26. The van der Waals surface area contributed by atoms with Crippen molar-refractivity contribution in [1.29, 1.82) is 0 Å². The quantitative estimate of drug-likeness (QED) is 0.505. The highest BCUT2D eigenvalue weighted by molar-refractivity contribution is 5.11. The molecule has 0 heteroatoms. The summed E-state index contributed by atoms with van der Waals surface area (Å²) in [5.74, 6) is 0. The normalized spacial score (nSPS) is 28.0. The van der Waals surface area contributed by atoms with Crippen LogP contribution in [0.5, 0.6) is 0 Å². The van der Waals surface area contributed by atoms with Crippen LogP contribution in [0, 0.1) is 0 Å². The molecule has 0 unspecified atom stereocenters. The minimum atomic E-state index is 1.24. The molecule has 0 aromatic carbocycles. The molecule has 0 aromatic rings. The Hall–Kier alpha value is -0.780. The molecule has 0 saturated heterocycles. The first-order valence-electron chi connectivity index (χ1n) is 4.98. The van der Waals surface area contributed by atoms with Crippen molar-refractivity contribution >= 4 is 0 Å². The van der Waals surface area contributed by atoms with E-state index in [9.17, 15) is 0 Å². The summed E-state index contributed by atoms with van der Waals surface area (Å²) in [6, 6.07) is 0. The summed E-state index contributed by atoms with van der Waals surface area (Å²) in [4.78, 5) is 0. The van der Waals surface area contributed by atoms with Gasteiger partial charge >= 0.3 is 0 Å². The van der Waals surface area contributed by atoms with Crippen molar-refractivity contribution in [1.82, 2.24) is 0 Å². The van der Waals surface area contributed by atoms with Crippen LogP contribution < -0.4 is 0 Å². The molecular weight excluding hydrogens is 144 g/mol. The lowest BCUT2D eigenvalue weighted by Crippen LogP contribution is -1.77. The van der Waals surface area contributed by atoms with E-state index in [4.69, 9.17) is 0 Å². The molecule has 66 valence electrons. The van der Waals surface area contributed by atoms with Crippen LogP contribution in [0.2, 0.25) is 0 Å². The van der Waals surface area contributed by atoms with Gasteiger partial charge in [-0.05, 0) is 25.7 Å². The zero-order chi connectivity index (χ0) is 8.49. The molecule has 0 radical (unpaired) electrons. The Balaban J connectivity index is 2.32. The van der Waals surface area contributed by atoms with Gasteiger partial charge in [-0.3, -0.25) is 0 Å². The average molecular weight is 162 g/mol. The molecule has 1 rings (SSSR count). The van der Waals surface area contributed by atoms with Gasteiger partial charge in [0.15, 0.2) is 0 Å². The zero-order valence-corrected chi connectivity index (χ0v) is 7.71. The predicted molar refractivity (Wildman–Crippen MR) is 55.1 cm³/mol. The molecule has 1 aliphatic rings. The highest BCUT2D eigenvalue weighted by Crippen LogP contribution is 2.07. The Labute approximate surface area is 75.7 Å². The van der Waals surface area contributed by atoms with E-state index in [1.165, 1.54) is 38.5 Å². The molecule has 0 aromatic heterocycles. The van der Waals surface area contributed by atoms with Crippen LogP contribution in [0.25, 0.3) is 0 Å². The van der Waals surface area contributed by atoms with E-state index >= 15 is 0 Å². The SMILES string of the molecule is C1=C\C=C\CCCCCC/C=C/1. The van der Waals surface area contributed by atoms with Crippen LogP contribution in [-0.2, 0) is 0 Å². The van der Waals surface area contributed by atoms with Crippen LogP contribution in [0.4, 0.5) is 0 Å². The van der Waals surface area contributed by atoms with Crippen molar-refractivity contribution in [3.8, 4) is 0 Å². The third kappa shape index (κ3) is 4.95. The van der Waals surface area contributed by atoms with E-state index in [-0.39, 0.29) is 0 Å². The Kier molecular flexibility index (Phi) is 5.35. The first-order valence-corrected chi connectivity index (χ1v) is 4.98. The zero-order valence-electron chi connectivity index (χ0n) is 7.71. The summed E-state index contributed by atoms with van der Waals surface area (Å²) < 4.78 is 0. The molecule has 1 aliphatic carbocycles. The minimum absolute atomic E-state index is 1.24. The smallest absolute Gasteiger partial charge is 0.0348 e. The van der Waals surface area contributed by atoms with Crippen LogP contribution in [-0.4, -0.2) is 0 Å². The van der Waals surface area contributed by atoms with E-state index in [1.807, 2.05) is 0 Å². The summed E-state index contributed by atoms with van der Waals surface area (Å²) in [7, 11) is 0. The Morgan fingerprint density at radius 2 is 1.00 bits per heavy atom. The van der Waals surface area contributed by atoms with E-state index < -0.39 is 0 Å². The van der Waals surface area contributed by atoms with Crippen LogP contribution >= 0.6 is 0 Å². The van der Waals surface area contributed by atoms with Crippen molar-refractivity contribution in [3.05, 3.63) is 36.5 Å². The van der Waals surface area contributed by atoms with Gasteiger partial charge in [0.05, 0.1) is 0 Å². The number of allylic oxidation sites excluding steroid dienone is 6. The fourth-order valence-corrected chi connectivity index (χ4v) is 1.36. The Bertz CT molecular complexity index is 152. The van der Waals surface area contributed by atoms with Crippen LogP contribution in [0.1, 0.15) is 38.5 Å². The molecule has 0 aliphatic heterocycles. The molecule has 0 nitrogen and oxygen atoms in total. The molecular formula is C12H18. The lowest BCUT2D eigenvalue weighted by molar-refractivity contribution is 0.652. The van der Waals surface area contributed by atoms with Crippen molar-refractivity contribution in [3.63, 3.8) is 0 Å². The first kappa shape index (κ1) is 9.31. The molecule has 0 saturated carbocycles. The third-order valence-electron chi connectivity index (χ3n) is 2.10. The van der Waals surface area contributed by atoms with E-state index in [2.05, 4.69) is 36.5 Å². The van der Waals surface area contributed by atoms with Crippen molar-refractivity contribution < 1.29 is 0 Å². The highest BCUT2D eigenvalue weighted by Gasteiger charge is 1.87. The van der Waals surface area contributed by atoms with Crippen molar-refractivity contribution in [2.24, 2.45) is 0 Å². The van der Waals surface area contributed by atoms with Gasteiger partial charge in [0, 0.05) is 0 Å². The van der Waals surface area contributed by atoms with Crippen molar-refractivity contribution in [2.45, 2.75) is 38.5 Å². The second-order valence-corrected chi connectivity index (χ2v) is 3.23. The average Bonchev–Trinajstić information content (AvgIpc) is 2.05. The first-order chi connectivity index (χ1) is 6.00. The molecule has 0 heterocycles. The Morgan fingerprint density at radius 1 is 0.500 bits per heavy atom. The van der Waals surface area contributed by atoms with Gasteiger partial charge in [0.25, 0.3) is 0 Å². The number of hydrogen-bond donors (Lipinski definition) is 0. The summed E-state index contributed by atoms with van der Waals surface area (Å²) >= 11 is 0. The van der Waals surface area contributed by atoms with Gasteiger partial charge in [-0.15, -0.1) is 0 Å².